The fourth-order valence-corrected chi connectivity index (χ4v) is 2.56. The molecule has 1 heterocycles. The Kier molecular flexibility index (Phi) is 3.42. The predicted octanol–water partition coefficient (Wildman–Crippen LogP) is 2.62. The van der Waals surface area contributed by atoms with Crippen LogP contribution in [0.2, 0.25) is 0 Å². The lowest BCUT2D eigenvalue weighted by atomic mass is 9.96. The van der Waals surface area contributed by atoms with E-state index in [1.54, 1.807) is 13.0 Å². The Morgan fingerprint density at radius 2 is 1.95 bits per heavy atom. The lowest BCUT2D eigenvalue weighted by Gasteiger charge is -2.18. The Balaban J connectivity index is 1.98. The average Bonchev–Trinajstić information content (AvgIpc) is 2.91. The minimum absolute atomic E-state index is 0.216. The highest BCUT2D eigenvalue weighted by molar-refractivity contribution is 5.43. The molecule has 0 bridgehead atoms. The van der Waals surface area contributed by atoms with Crippen molar-refractivity contribution in [3.8, 4) is 5.75 Å². The lowest BCUT2D eigenvalue weighted by molar-refractivity contribution is 0.357. The number of fused-ring (bicyclic) bond motifs is 1. The van der Waals surface area contributed by atoms with Gasteiger partial charge in [-0.25, -0.2) is 9.82 Å². The van der Waals surface area contributed by atoms with Crippen molar-refractivity contribution in [1.29, 1.82) is 0 Å². The number of rotatable bonds is 3. The second-order valence-corrected chi connectivity index (χ2v) is 5.07. The topological polar surface area (TPSA) is 47.3 Å². The molecule has 1 unspecified atom stereocenters. The summed E-state index contributed by atoms with van der Waals surface area (Å²) in [6.07, 6.45) is 0.905. The predicted molar refractivity (Wildman–Crippen MR) is 75.9 cm³/mol. The Morgan fingerprint density at radius 1 is 1.20 bits per heavy atom. The second-order valence-electron chi connectivity index (χ2n) is 5.07. The summed E-state index contributed by atoms with van der Waals surface area (Å²) in [6.45, 7) is 2.47. The van der Waals surface area contributed by atoms with Gasteiger partial charge in [-0.3, -0.25) is 5.84 Å². The Labute approximate surface area is 117 Å². The van der Waals surface area contributed by atoms with Crippen LogP contribution in [-0.2, 0) is 6.42 Å². The van der Waals surface area contributed by atoms with Crippen LogP contribution < -0.4 is 16.0 Å². The Morgan fingerprint density at radius 3 is 2.70 bits per heavy atom. The van der Waals surface area contributed by atoms with Gasteiger partial charge in [0, 0.05) is 6.42 Å². The SMILES string of the molecule is Cc1ccc(C(NN)c2ccc3c(c2)CCO3)cc1F. The molecular weight excluding hydrogens is 255 g/mol. The van der Waals surface area contributed by atoms with Crippen molar-refractivity contribution in [2.75, 3.05) is 6.61 Å². The molecule has 1 aliphatic heterocycles. The van der Waals surface area contributed by atoms with E-state index in [1.165, 1.54) is 11.6 Å². The second kappa shape index (κ2) is 5.23. The molecule has 0 fully saturated rings. The van der Waals surface area contributed by atoms with Crippen molar-refractivity contribution in [1.82, 2.24) is 5.43 Å². The molecule has 0 aliphatic carbocycles. The average molecular weight is 272 g/mol. The number of benzene rings is 2. The van der Waals surface area contributed by atoms with Crippen LogP contribution in [0, 0.1) is 12.7 Å². The summed E-state index contributed by atoms with van der Waals surface area (Å²) in [5.74, 6) is 6.38. The standard InChI is InChI=1S/C16H17FN2O/c1-10-2-3-13(9-14(10)17)16(19-18)12-4-5-15-11(8-12)6-7-20-15/h2-5,8-9,16,19H,6-7,18H2,1H3. The number of aryl methyl sites for hydroxylation is 1. The van der Waals surface area contributed by atoms with Gasteiger partial charge in [0.25, 0.3) is 0 Å². The van der Waals surface area contributed by atoms with Gasteiger partial charge in [-0.05, 0) is 41.3 Å². The molecule has 0 radical (unpaired) electrons. The van der Waals surface area contributed by atoms with Crippen molar-refractivity contribution in [2.24, 2.45) is 5.84 Å². The van der Waals surface area contributed by atoms with Gasteiger partial charge >= 0.3 is 0 Å². The molecule has 2 aromatic carbocycles. The van der Waals surface area contributed by atoms with Gasteiger partial charge in [0.05, 0.1) is 12.6 Å². The molecule has 0 spiro atoms. The van der Waals surface area contributed by atoms with Crippen LogP contribution >= 0.6 is 0 Å². The normalized spacial score (nSPS) is 14.8. The monoisotopic (exact) mass is 272 g/mol. The molecule has 1 atom stereocenters. The molecule has 2 aromatic rings. The maximum absolute atomic E-state index is 13.7. The van der Waals surface area contributed by atoms with Crippen LogP contribution in [0.15, 0.2) is 36.4 Å². The van der Waals surface area contributed by atoms with Gasteiger partial charge in [0.2, 0.25) is 0 Å². The van der Waals surface area contributed by atoms with E-state index in [-0.39, 0.29) is 11.9 Å². The van der Waals surface area contributed by atoms with Crippen molar-refractivity contribution in [3.63, 3.8) is 0 Å². The molecule has 0 amide bonds. The van der Waals surface area contributed by atoms with E-state index < -0.39 is 0 Å². The number of ether oxygens (including phenoxy) is 1. The molecule has 4 heteroatoms. The molecule has 0 saturated carbocycles. The van der Waals surface area contributed by atoms with Crippen LogP contribution in [0.3, 0.4) is 0 Å². The first kappa shape index (κ1) is 13.1. The van der Waals surface area contributed by atoms with E-state index in [1.807, 2.05) is 18.2 Å². The zero-order valence-corrected chi connectivity index (χ0v) is 11.3. The number of halogens is 1. The minimum atomic E-state index is -0.226. The fourth-order valence-electron chi connectivity index (χ4n) is 2.56. The highest BCUT2D eigenvalue weighted by Crippen LogP contribution is 2.30. The highest BCUT2D eigenvalue weighted by Gasteiger charge is 2.18. The maximum Gasteiger partial charge on any atom is 0.126 e. The van der Waals surface area contributed by atoms with Gasteiger partial charge in [-0.2, -0.15) is 0 Å². The Bertz CT molecular complexity index is 642. The van der Waals surface area contributed by atoms with Crippen LogP contribution in [0.4, 0.5) is 4.39 Å². The molecule has 3 rings (SSSR count). The van der Waals surface area contributed by atoms with Gasteiger partial charge in [-0.1, -0.05) is 24.3 Å². The van der Waals surface area contributed by atoms with Gasteiger partial charge in [0.15, 0.2) is 0 Å². The van der Waals surface area contributed by atoms with Gasteiger partial charge in [-0.15, -0.1) is 0 Å². The summed E-state index contributed by atoms with van der Waals surface area (Å²) in [6, 6.07) is 11.0. The van der Waals surface area contributed by atoms with Crippen LogP contribution in [0.5, 0.6) is 5.75 Å². The first-order valence-corrected chi connectivity index (χ1v) is 6.67. The third kappa shape index (κ3) is 2.28. The zero-order chi connectivity index (χ0) is 14.1. The summed E-state index contributed by atoms with van der Waals surface area (Å²) >= 11 is 0. The summed E-state index contributed by atoms with van der Waals surface area (Å²) in [4.78, 5) is 0. The number of hydrazine groups is 1. The molecule has 3 nitrogen and oxygen atoms in total. The van der Waals surface area contributed by atoms with Crippen molar-refractivity contribution >= 4 is 0 Å². The Hall–Kier alpha value is -1.91. The summed E-state index contributed by atoms with van der Waals surface area (Å²) < 4.78 is 19.2. The summed E-state index contributed by atoms with van der Waals surface area (Å²) in [5, 5.41) is 0. The molecule has 1 aliphatic rings. The molecule has 0 saturated heterocycles. The minimum Gasteiger partial charge on any atom is -0.493 e. The molecule has 104 valence electrons. The molecular formula is C16H17FN2O. The first-order valence-electron chi connectivity index (χ1n) is 6.67. The molecule has 20 heavy (non-hydrogen) atoms. The fraction of sp³-hybridized carbons (Fsp3) is 0.250. The van der Waals surface area contributed by atoms with E-state index in [2.05, 4.69) is 11.5 Å². The van der Waals surface area contributed by atoms with E-state index in [0.717, 1.165) is 29.9 Å². The van der Waals surface area contributed by atoms with Crippen LogP contribution in [-0.4, -0.2) is 6.61 Å². The largest absolute Gasteiger partial charge is 0.493 e. The lowest BCUT2D eigenvalue weighted by Crippen LogP contribution is -2.29. The van der Waals surface area contributed by atoms with Crippen LogP contribution in [0.25, 0.3) is 0 Å². The van der Waals surface area contributed by atoms with Crippen molar-refractivity contribution < 1.29 is 9.13 Å². The van der Waals surface area contributed by atoms with E-state index in [9.17, 15) is 4.39 Å². The van der Waals surface area contributed by atoms with Crippen molar-refractivity contribution in [2.45, 2.75) is 19.4 Å². The third-order valence-corrected chi connectivity index (χ3v) is 3.74. The number of nitrogens with one attached hydrogen (secondary N) is 1. The van der Waals surface area contributed by atoms with Gasteiger partial charge in [0.1, 0.15) is 11.6 Å². The molecule has 3 N–H and O–H groups in total. The molecule has 0 aromatic heterocycles. The first-order chi connectivity index (χ1) is 9.69. The zero-order valence-electron chi connectivity index (χ0n) is 11.3. The number of nitrogens with two attached hydrogens (primary N) is 1. The third-order valence-electron chi connectivity index (χ3n) is 3.74. The van der Waals surface area contributed by atoms with Crippen LogP contribution in [0.1, 0.15) is 28.3 Å². The van der Waals surface area contributed by atoms with Crippen molar-refractivity contribution in [3.05, 3.63) is 64.5 Å². The quantitative estimate of drug-likeness (QED) is 0.667. The van der Waals surface area contributed by atoms with E-state index >= 15 is 0 Å². The summed E-state index contributed by atoms with van der Waals surface area (Å²) in [5.41, 5.74) is 6.40. The number of hydrogen-bond donors (Lipinski definition) is 2. The van der Waals surface area contributed by atoms with E-state index in [4.69, 9.17) is 10.6 Å². The smallest absolute Gasteiger partial charge is 0.126 e. The van der Waals surface area contributed by atoms with E-state index in [0.29, 0.717) is 5.56 Å². The number of hydrogen-bond acceptors (Lipinski definition) is 3. The van der Waals surface area contributed by atoms with Gasteiger partial charge < -0.3 is 4.74 Å². The maximum atomic E-state index is 13.7. The summed E-state index contributed by atoms with van der Waals surface area (Å²) in [7, 11) is 0. The highest BCUT2D eigenvalue weighted by atomic mass is 19.1.